The Hall–Kier alpha value is -4.44. The Balaban J connectivity index is 1.47. The van der Waals surface area contributed by atoms with E-state index in [1.807, 2.05) is 54.0 Å². The third-order valence-electron chi connectivity index (χ3n) is 5.89. The maximum atomic E-state index is 9.29. The summed E-state index contributed by atoms with van der Waals surface area (Å²) in [7, 11) is 1.64. The summed E-state index contributed by atoms with van der Waals surface area (Å²) in [5, 5.41) is 17.7. The number of anilines is 1. The van der Waals surface area contributed by atoms with Gasteiger partial charge in [0.25, 0.3) is 0 Å². The number of benzene rings is 2. The molecule has 3 aromatic heterocycles. The predicted octanol–water partition coefficient (Wildman–Crippen LogP) is 4.35. The number of rotatable bonds is 7. The van der Waals surface area contributed by atoms with E-state index in [1.165, 1.54) is 6.33 Å². The van der Waals surface area contributed by atoms with Gasteiger partial charge in [-0.1, -0.05) is 41.0 Å². The van der Waals surface area contributed by atoms with Crippen LogP contribution in [0.5, 0.6) is 5.75 Å². The summed E-state index contributed by atoms with van der Waals surface area (Å²) in [6.07, 6.45) is 3.24. The van der Waals surface area contributed by atoms with Gasteiger partial charge in [-0.2, -0.15) is 0 Å². The van der Waals surface area contributed by atoms with Crippen LogP contribution in [0.2, 0.25) is 5.02 Å². The zero-order valence-corrected chi connectivity index (χ0v) is 20.3. The van der Waals surface area contributed by atoms with E-state index in [-0.39, 0.29) is 11.9 Å². The van der Waals surface area contributed by atoms with E-state index in [0.29, 0.717) is 45.3 Å². The quantitative estimate of drug-likeness (QED) is 0.129. The fourth-order valence-electron chi connectivity index (χ4n) is 4.05. The lowest BCUT2D eigenvalue weighted by molar-refractivity contribution is 0.318. The van der Waals surface area contributed by atoms with Gasteiger partial charge >= 0.3 is 0 Å². The molecule has 11 heteroatoms. The number of aromatic nitrogens is 5. The monoisotopic (exact) mass is 502 g/mol. The SMILES string of the molecule is COc1ccc(Cn2cnc3c(N[C@@H](C)c4cc5cccc(Cl)c5c(/C(N)=N/O)n4)ncnc32)cc1. The van der Waals surface area contributed by atoms with Crippen molar-refractivity contribution < 1.29 is 9.94 Å². The van der Waals surface area contributed by atoms with E-state index in [1.54, 1.807) is 19.5 Å². The number of hydrogen-bond acceptors (Lipinski definition) is 8. The van der Waals surface area contributed by atoms with Gasteiger partial charge in [-0.15, -0.1) is 0 Å². The van der Waals surface area contributed by atoms with Crippen LogP contribution in [0.1, 0.15) is 29.9 Å². The van der Waals surface area contributed by atoms with E-state index in [9.17, 15) is 5.21 Å². The van der Waals surface area contributed by atoms with Crippen LogP contribution in [0.4, 0.5) is 5.82 Å². The minimum atomic E-state index is -0.288. The number of fused-ring (bicyclic) bond motifs is 2. The van der Waals surface area contributed by atoms with Crippen molar-refractivity contribution in [1.29, 1.82) is 0 Å². The minimum absolute atomic E-state index is 0.121. The number of nitrogens with zero attached hydrogens (tertiary/aromatic N) is 6. The van der Waals surface area contributed by atoms with Crippen molar-refractivity contribution in [2.75, 3.05) is 12.4 Å². The molecule has 0 spiro atoms. The van der Waals surface area contributed by atoms with Crippen LogP contribution in [-0.4, -0.2) is 42.7 Å². The predicted molar refractivity (Wildman–Crippen MR) is 139 cm³/mol. The molecule has 4 N–H and O–H groups in total. The molecule has 0 aliphatic carbocycles. The maximum Gasteiger partial charge on any atom is 0.189 e. The fraction of sp³-hybridized carbons (Fsp3) is 0.160. The molecule has 5 aromatic rings. The lowest BCUT2D eigenvalue weighted by Gasteiger charge is -2.17. The number of amidine groups is 1. The van der Waals surface area contributed by atoms with Gasteiger partial charge in [-0.3, -0.25) is 0 Å². The van der Waals surface area contributed by atoms with E-state index >= 15 is 0 Å². The van der Waals surface area contributed by atoms with Gasteiger partial charge < -0.3 is 25.6 Å². The summed E-state index contributed by atoms with van der Waals surface area (Å²) in [4.78, 5) is 18.1. The molecule has 182 valence electrons. The molecule has 0 saturated carbocycles. The molecule has 10 nitrogen and oxygen atoms in total. The fourth-order valence-corrected chi connectivity index (χ4v) is 4.32. The summed E-state index contributed by atoms with van der Waals surface area (Å²) in [5.41, 5.74) is 9.32. The highest BCUT2D eigenvalue weighted by atomic mass is 35.5. The molecule has 36 heavy (non-hydrogen) atoms. The second-order valence-corrected chi connectivity index (χ2v) is 8.61. The first-order valence-electron chi connectivity index (χ1n) is 11.1. The molecule has 0 aliphatic heterocycles. The Morgan fingerprint density at radius 3 is 2.75 bits per heavy atom. The van der Waals surface area contributed by atoms with E-state index < -0.39 is 0 Å². The molecule has 1 atom stereocenters. The number of nitrogens with one attached hydrogen (secondary N) is 1. The second kappa shape index (κ2) is 9.67. The topological polar surface area (TPSA) is 136 Å². The van der Waals surface area contributed by atoms with Crippen molar-refractivity contribution in [3.8, 4) is 5.75 Å². The van der Waals surface area contributed by atoms with Gasteiger partial charge in [0, 0.05) is 5.39 Å². The molecule has 3 heterocycles. The number of oxime groups is 1. The molecule has 0 saturated heterocycles. The van der Waals surface area contributed by atoms with Gasteiger partial charge in [0.1, 0.15) is 23.3 Å². The number of hydrogen-bond donors (Lipinski definition) is 3. The van der Waals surface area contributed by atoms with Crippen molar-refractivity contribution in [3.05, 3.63) is 83.2 Å². The van der Waals surface area contributed by atoms with Crippen LogP contribution in [0.25, 0.3) is 21.9 Å². The van der Waals surface area contributed by atoms with Gasteiger partial charge in [0.2, 0.25) is 0 Å². The highest BCUT2D eigenvalue weighted by molar-refractivity contribution is 6.36. The second-order valence-electron chi connectivity index (χ2n) is 8.20. The van der Waals surface area contributed by atoms with Crippen molar-refractivity contribution in [3.63, 3.8) is 0 Å². The molecule has 0 unspecified atom stereocenters. The van der Waals surface area contributed by atoms with E-state index in [4.69, 9.17) is 22.1 Å². The van der Waals surface area contributed by atoms with Crippen LogP contribution in [0.3, 0.4) is 0 Å². The van der Waals surface area contributed by atoms with Crippen LogP contribution in [-0.2, 0) is 6.54 Å². The molecule has 0 aliphatic rings. The maximum absolute atomic E-state index is 9.29. The highest BCUT2D eigenvalue weighted by Crippen LogP contribution is 2.30. The molecular weight excluding hydrogens is 480 g/mol. The molecule has 5 rings (SSSR count). The summed E-state index contributed by atoms with van der Waals surface area (Å²) in [5.74, 6) is 1.25. The average molecular weight is 503 g/mol. The Morgan fingerprint density at radius 2 is 2.00 bits per heavy atom. The molecule has 0 fully saturated rings. The molecular formula is C25H23ClN8O2. The van der Waals surface area contributed by atoms with Gasteiger partial charge in [-0.25, -0.2) is 19.9 Å². The Kier molecular flexibility index (Phi) is 6.26. The summed E-state index contributed by atoms with van der Waals surface area (Å²) in [6.45, 7) is 2.54. The zero-order chi connectivity index (χ0) is 25.2. The third kappa shape index (κ3) is 4.34. The first-order chi connectivity index (χ1) is 17.5. The number of pyridine rings is 1. The molecule has 0 amide bonds. The first kappa shape index (κ1) is 23.3. The van der Waals surface area contributed by atoms with Crippen molar-refractivity contribution in [2.45, 2.75) is 19.5 Å². The van der Waals surface area contributed by atoms with Gasteiger partial charge in [-0.05, 0) is 42.1 Å². The summed E-state index contributed by atoms with van der Waals surface area (Å²) < 4.78 is 7.19. The Bertz CT molecular complexity index is 1580. The molecule has 0 bridgehead atoms. The lowest BCUT2D eigenvalue weighted by atomic mass is 10.1. The molecule has 2 aromatic carbocycles. The van der Waals surface area contributed by atoms with Crippen LogP contribution in [0.15, 0.2) is 66.3 Å². The molecule has 0 radical (unpaired) electrons. The number of nitrogens with two attached hydrogens (primary N) is 1. The minimum Gasteiger partial charge on any atom is -0.497 e. The standard InChI is InChI=1S/C25H23ClN8O2/c1-14(19-10-16-4-3-5-18(26)20(16)21(32-19)23(27)33-35)31-24-22-25(29-12-28-24)34(13-30-22)11-15-6-8-17(36-2)9-7-15/h3-10,12-14,35H,11H2,1-2H3,(H2,27,33)(H,28,29,31)/t14-/m0/s1. The number of halogens is 1. The number of methoxy groups -OCH3 is 1. The highest BCUT2D eigenvalue weighted by Gasteiger charge is 2.18. The smallest absolute Gasteiger partial charge is 0.189 e. The third-order valence-corrected chi connectivity index (χ3v) is 6.20. The largest absolute Gasteiger partial charge is 0.497 e. The normalized spacial score (nSPS) is 12.7. The summed E-state index contributed by atoms with van der Waals surface area (Å²) in [6, 6.07) is 14.9. The Morgan fingerprint density at radius 1 is 1.19 bits per heavy atom. The lowest BCUT2D eigenvalue weighted by Crippen LogP contribution is -2.18. The zero-order valence-electron chi connectivity index (χ0n) is 19.6. The van der Waals surface area contributed by atoms with Gasteiger partial charge in [0.05, 0.1) is 36.7 Å². The first-order valence-corrected chi connectivity index (χ1v) is 11.5. The van der Waals surface area contributed by atoms with E-state index in [0.717, 1.165) is 16.7 Å². The number of ether oxygens (including phenoxy) is 1. The van der Waals surface area contributed by atoms with Crippen LogP contribution in [0, 0.1) is 0 Å². The van der Waals surface area contributed by atoms with Crippen molar-refractivity contribution in [1.82, 2.24) is 24.5 Å². The summed E-state index contributed by atoms with van der Waals surface area (Å²) >= 11 is 6.38. The van der Waals surface area contributed by atoms with Crippen LogP contribution >= 0.6 is 11.6 Å². The van der Waals surface area contributed by atoms with Crippen molar-refractivity contribution in [2.24, 2.45) is 10.9 Å². The Labute approximate surface area is 211 Å². The van der Waals surface area contributed by atoms with Crippen LogP contribution < -0.4 is 15.8 Å². The number of imidazole rings is 1. The van der Waals surface area contributed by atoms with Gasteiger partial charge in [0.15, 0.2) is 17.3 Å². The van der Waals surface area contributed by atoms with E-state index in [2.05, 4.69) is 30.4 Å². The van der Waals surface area contributed by atoms with Crippen molar-refractivity contribution >= 4 is 45.2 Å². The average Bonchev–Trinajstić information content (AvgIpc) is 3.31.